The van der Waals surface area contributed by atoms with Crippen molar-refractivity contribution in [2.75, 3.05) is 6.61 Å². The van der Waals surface area contributed by atoms with Crippen molar-refractivity contribution in [1.82, 2.24) is 0 Å². The van der Waals surface area contributed by atoms with Gasteiger partial charge < -0.3 is 9.47 Å². The van der Waals surface area contributed by atoms with Gasteiger partial charge in [-0.2, -0.15) is 0 Å². The average molecular weight is 156 g/mol. The smallest absolute Gasteiger partial charge is 0.370 e. The Morgan fingerprint density at radius 2 is 2.27 bits per heavy atom. The molecule has 0 aromatic rings. The van der Waals surface area contributed by atoms with Gasteiger partial charge in [-0.05, 0) is 6.92 Å². The van der Waals surface area contributed by atoms with Crippen LogP contribution in [0.1, 0.15) is 20.8 Å². The van der Waals surface area contributed by atoms with Crippen LogP contribution in [0.15, 0.2) is 5.95 Å². The maximum atomic E-state index is 10.1. The van der Waals surface area contributed by atoms with E-state index in [0.717, 1.165) is 0 Å². The minimum absolute atomic E-state index is 0.00713. The first-order valence-corrected chi connectivity index (χ1v) is 3.61. The van der Waals surface area contributed by atoms with E-state index in [1.807, 2.05) is 20.8 Å². The summed E-state index contributed by atoms with van der Waals surface area (Å²) in [6.45, 7) is 6.48. The number of hydrogen-bond acceptors (Lipinski definition) is 3. The van der Waals surface area contributed by atoms with Crippen LogP contribution in [-0.2, 0) is 14.3 Å². The van der Waals surface area contributed by atoms with Gasteiger partial charge in [0.15, 0.2) is 0 Å². The first kappa shape index (κ1) is 8.15. The molecule has 11 heavy (non-hydrogen) atoms. The molecule has 1 heterocycles. The number of carbonyl (C=O) groups excluding carboxylic acids is 1. The number of ether oxygens (including phenoxy) is 2. The molecule has 1 fully saturated rings. The Kier molecular flexibility index (Phi) is 1.92. The molecule has 0 N–H and O–H groups in total. The van der Waals surface area contributed by atoms with Gasteiger partial charge in [0.1, 0.15) is 12.7 Å². The van der Waals surface area contributed by atoms with Gasteiger partial charge in [-0.1, -0.05) is 13.8 Å². The Balaban J connectivity index is 2.69. The summed E-state index contributed by atoms with van der Waals surface area (Å²) in [5.74, 6) is 1.58. The molecule has 0 radical (unpaired) electrons. The van der Waals surface area contributed by atoms with Gasteiger partial charge >= 0.3 is 5.95 Å². The van der Waals surface area contributed by atoms with E-state index in [2.05, 4.69) is 0 Å². The average Bonchev–Trinajstić information content (AvgIpc) is 1.95. The number of rotatable bonds is 0. The highest BCUT2D eigenvalue weighted by atomic mass is 16.7. The van der Waals surface area contributed by atoms with Gasteiger partial charge in [-0.15, -0.1) is 0 Å². The highest BCUT2D eigenvalue weighted by Crippen LogP contribution is 2.30. The normalized spacial score (nSPS) is 28.3. The second kappa shape index (κ2) is 2.59. The summed E-state index contributed by atoms with van der Waals surface area (Å²) in [5.41, 5.74) is -0.0274. The zero-order valence-corrected chi connectivity index (χ0v) is 7.01. The monoisotopic (exact) mass is 156 g/mol. The summed E-state index contributed by atoms with van der Waals surface area (Å²) in [6, 6.07) is 0. The molecule has 1 rings (SSSR count). The zero-order valence-electron chi connectivity index (χ0n) is 7.01. The maximum absolute atomic E-state index is 10.1. The minimum atomic E-state index is -0.0274. The van der Waals surface area contributed by atoms with E-state index in [-0.39, 0.29) is 17.5 Å². The van der Waals surface area contributed by atoms with Crippen molar-refractivity contribution >= 4 is 5.94 Å². The standard InChI is InChI=1S/C8H12O3/c1-6-8(2,3)5-10-7(4-9)11-6/h6H,5H2,1-3H3. The molecule has 0 spiro atoms. The van der Waals surface area contributed by atoms with Crippen molar-refractivity contribution in [2.24, 2.45) is 5.41 Å². The fourth-order valence-corrected chi connectivity index (χ4v) is 0.777. The Morgan fingerprint density at radius 3 is 2.73 bits per heavy atom. The Bertz CT molecular complexity index is 201. The quantitative estimate of drug-likeness (QED) is 0.493. The molecule has 1 atom stereocenters. The Hall–Kier alpha value is -0.950. The minimum Gasteiger partial charge on any atom is -0.456 e. The lowest BCUT2D eigenvalue weighted by atomic mass is 9.88. The summed E-state index contributed by atoms with van der Waals surface area (Å²) >= 11 is 0. The second-order valence-electron chi connectivity index (χ2n) is 3.43. The van der Waals surface area contributed by atoms with Crippen molar-refractivity contribution in [3.8, 4) is 0 Å². The first-order chi connectivity index (χ1) is 5.06. The lowest BCUT2D eigenvalue weighted by Gasteiger charge is -2.35. The largest absolute Gasteiger partial charge is 0.456 e. The summed E-state index contributed by atoms with van der Waals surface area (Å²) in [4.78, 5) is 10.1. The molecule has 1 unspecified atom stereocenters. The molecule has 0 aromatic carbocycles. The molecular formula is C8H12O3. The van der Waals surface area contributed by atoms with Crippen LogP contribution in [0.5, 0.6) is 0 Å². The van der Waals surface area contributed by atoms with Crippen LogP contribution >= 0.6 is 0 Å². The first-order valence-electron chi connectivity index (χ1n) is 3.61. The van der Waals surface area contributed by atoms with Crippen LogP contribution in [-0.4, -0.2) is 18.7 Å². The summed E-state index contributed by atoms with van der Waals surface area (Å²) < 4.78 is 10.1. The second-order valence-corrected chi connectivity index (χ2v) is 3.43. The van der Waals surface area contributed by atoms with E-state index in [4.69, 9.17) is 9.47 Å². The van der Waals surface area contributed by atoms with E-state index in [0.29, 0.717) is 6.61 Å². The third-order valence-electron chi connectivity index (χ3n) is 2.04. The molecular weight excluding hydrogens is 144 g/mol. The van der Waals surface area contributed by atoms with E-state index < -0.39 is 0 Å². The highest BCUT2D eigenvalue weighted by Gasteiger charge is 2.34. The predicted molar refractivity (Wildman–Crippen MR) is 39.5 cm³/mol. The SMILES string of the molecule is CC1OC(=C=O)OCC1(C)C. The summed E-state index contributed by atoms with van der Waals surface area (Å²) in [7, 11) is 0. The van der Waals surface area contributed by atoms with Crippen molar-refractivity contribution < 1.29 is 14.3 Å². The van der Waals surface area contributed by atoms with Gasteiger partial charge in [0.25, 0.3) is 0 Å². The van der Waals surface area contributed by atoms with Crippen molar-refractivity contribution in [3.05, 3.63) is 5.95 Å². The summed E-state index contributed by atoms with van der Waals surface area (Å²) in [6.07, 6.45) is 0.00713. The molecule has 1 aliphatic heterocycles. The van der Waals surface area contributed by atoms with E-state index in [1.54, 1.807) is 5.94 Å². The Labute approximate surface area is 66.0 Å². The molecule has 0 aromatic heterocycles. The molecule has 0 saturated carbocycles. The Morgan fingerprint density at radius 1 is 1.64 bits per heavy atom. The topological polar surface area (TPSA) is 35.5 Å². The molecule has 0 aliphatic carbocycles. The van der Waals surface area contributed by atoms with Gasteiger partial charge in [-0.25, -0.2) is 4.79 Å². The predicted octanol–water partition coefficient (Wildman–Crippen LogP) is 1.12. The third kappa shape index (κ3) is 1.55. The third-order valence-corrected chi connectivity index (χ3v) is 2.04. The number of hydrogen-bond donors (Lipinski definition) is 0. The van der Waals surface area contributed by atoms with Crippen LogP contribution in [0.2, 0.25) is 0 Å². The molecule has 0 bridgehead atoms. The van der Waals surface area contributed by atoms with Crippen molar-refractivity contribution in [3.63, 3.8) is 0 Å². The fraction of sp³-hybridized carbons (Fsp3) is 0.750. The maximum Gasteiger partial charge on any atom is 0.370 e. The molecule has 62 valence electrons. The van der Waals surface area contributed by atoms with Crippen molar-refractivity contribution in [2.45, 2.75) is 26.9 Å². The van der Waals surface area contributed by atoms with Crippen LogP contribution < -0.4 is 0 Å². The summed E-state index contributed by atoms with van der Waals surface area (Å²) in [5, 5.41) is 0. The van der Waals surface area contributed by atoms with Crippen LogP contribution in [0.25, 0.3) is 0 Å². The lowest BCUT2D eigenvalue weighted by Crippen LogP contribution is -2.38. The molecule has 1 aliphatic rings. The molecule has 3 nitrogen and oxygen atoms in total. The van der Waals surface area contributed by atoms with Crippen LogP contribution in [0, 0.1) is 5.41 Å². The van der Waals surface area contributed by atoms with E-state index in [9.17, 15) is 4.79 Å². The van der Waals surface area contributed by atoms with E-state index in [1.165, 1.54) is 0 Å². The van der Waals surface area contributed by atoms with Crippen molar-refractivity contribution in [1.29, 1.82) is 0 Å². The van der Waals surface area contributed by atoms with E-state index >= 15 is 0 Å². The van der Waals surface area contributed by atoms with Crippen LogP contribution in [0.4, 0.5) is 0 Å². The molecule has 3 heteroatoms. The van der Waals surface area contributed by atoms with Crippen LogP contribution in [0.3, 0.4) is 0 Å². The molecule has 1 saturated heterocycles. The lowest BCUT2D eigenvalue weighted by molar-refractivity contribution is -0.127. The van der Waals surface area contributed by atoms with Gasteiger partial charge in [-0.3, -0.25) is 0 Å². The van der Waals surface area contributed by atoms with Gasteiger partial charge in [0, 0.05) is 5.41 Å². The highest BCUT2D eigenvalue weighted by molar-refractivity contribution is 5.46. The van der Waals surface area contributed by atoms with Gasteiger partial charge in [0.05, 0.1) is 0 Å². The zero-order chi connectivity index (χ0) is 8.48. The van der Waals surface area contributed by atoms with Gasteiger partial charge in [0.2, 0.25) is 5.94 Å². The fourth-order valence-electron chi connectivity index (χ4n) is 0.777. The molecule has 0 amide bonds.